The van der Waals surface area contributed by atoms with Gasteiger partial charge in [-0.25, -0.2) is 0 Å². The van der Waals surface area contributed by atoms with Gasteiger partial charge in [0.05, 0.1) is 0 Å². The van der Waals surface area contributed by atoms with Crippen LogP contribution in [0.25, 0.3) is 0 Å². The second-order valence-electron chi connectivity index (χ2n) is 7.10. The molecule has 4 nitrogen and oxygen atoms in total. The van der Waals surface area contributed by atoms with Crippen LogP contribution in [0.5, 0.6) is 11.5 Å². The van der Waals surface area contributed by atoms with Crippen molar-refractivity contribution in [2.75, 3.05) is 12.1 Å². The normalized spacial score (nSPS) is 15.8. The van der Waals surface area contributed by atoms with Crippen LogP contribution in [0.3, 0.4) is 0 Å². The summed E-state index contributed by atoms with van der Waals surface area (Å²) in [6.45, 7) is 3.04. The first-order valence-corrected chi connectivity index (χ1v) is 10.1. The summed E-state index contributed by atoms with van der Waals surface area (Å²) in [7, 11) is 0. The van der Waals surface area contributed by atoms with Crippen LogP contribution in [-0.2, 0) is 6.54 Å². The van der Waals surface area contributed by atoms with Crippen molar-refractivity contribution in [3.8, 4) is 11.5 Å². The van der Waals surface area contributed by atoms with Crippen molar-refractivity contribution in [2.24, 2.45) is 0 Å². The average Bonchev–Trinajstić information content (AvgIpc) is 3.34. The van der Waals surface area contributed by atoms with Gasteiger partial charge >= 0.3 is 0 Å². The van der Waals surface area contributed by atoms with Crippen LogP contribution >= 0.6 is 23.8 Å². The third-order valence-corrected chi connectivity index (χ3v) is 6.07. The summed E-state index contributed by atoms with van der Waals surface area (Å²) in [5, 5.41) is 4.90. The summed E-state index contributed by atoms with van der Waals surface area (Å²) in [6, 6.07) is 12.4. The van der Waals surface area contributed by atoms with Crippen molar-refractivity contribution in [3.63, 3.8) is 0 Å². The number of nitrogens with one attached hydrogen (secondary N) is 1. The molecule has 0 bridgehead atoms. The van der Waals surface area contributed by atoms with E-state index in [2.05, 4.69) is 22.3 Å². The third-order valence-electron chi connectivity index (χ3n) is 5.33. The Morgan fingerprint density at radius 3 is 2.78 bits per heavy atom. The summed E-state index contributed by atoms with van der Waals surface area (Å²) >= 11 is 12.1. The Labute approximate surface area is 170 Å². The van der Waals surface area contributed by atoms with Gasteiger partial charge in [-0.15, -0.1) is 0 Å². The summed E-state index contributed by atoms with van der Waals surface area (Å²) in [5.41, 5.74) is 3.13. The standard InChI is InChI=1S/C21H23ClN2O2S/c1-14-17(22)7-4-8-18(14)23-21(27)24(16-5-2-3-6-16)12-15-9-10-19-20(11-15)26-13-25-19/h4,7-11,16H,2-3,5-6,12-13H2,1H3,(H,23,27). The minimum atomic E-state index is 0.291. The number of hydrogen-bond acceptors (Lipinski definition) is 3. The molecule has 0 unspecified atom stereocenters. The van der Waals surface area contributed by atoms with Crippen molar-refractivity contribution >= 4 is 34.6 Å². The summed E-state index contributed by atoms with van der Waals surface area (Å²) in [6.07, 6.45) is 4.84. The van der Waals surface area contributed by atoms with E-state index in [1.807, 2.05) is 31.2 Å². The first-order valence-electron chi connectivity index (χ1n) is 9.33. The molecule has 0 atom stereocenters. The smallest absolute Gasteiger partial charge is 0.231 e. The first-order chi connectivity index (χ1) is 13.1. The summed E-state index contributed by atoms with van der Waals surface area (Å²) in [4.78, 5) is 2.31. The minimum Gasteiger partial charge on any atom is -0.454 e. The zero-order chi connectivity index (χ0) is 18.8. The molecule has 1 heterocycles. The van der Waals surface area contributed by atoms with E-state index in [4.69, 9.17) is 33.3 Å². The van der Waals surface area contributed by atoms with Gasteiger partial charge in [-0.05, 0) is 67.4 Å². The molecule has 0 radical (unpaired) electrons. The van der Waals surface area contributed by atoms with Crippen molar-refractivity contribution in [1.82, 2.24) is 4.90 Å². The maximum absolute atomic E-state index is 6.27. The summed E-state index contributed by atoms with van der Waals surface area (Å²) in [5.74, 6) is 1.62. The molecule has 0 saturated heterocycles. The van der Waals surface area contributed by atoms with E-state index in [9.17, 15) is 0 Å². The fourth-order valence-electron chi connectivity index (χ4n) is 3.75. The maximum Gasteiger partial charge on any atom is 0.231 e. The molecule has 1 aliphatic carbocycles. The monoisotopic (exact) mass is 402 g/mol. The van der Waals surface area contributed by atoms with Gasteiger partial charge in [0, 0.05) is 23.3 Å². The van der Waals surface area contributed by atoms with Gasteiger partial charge in [-0.2, -0.15) is 0 Å². The van der Waals surface area contributed by atoms with Crippen LogP contribution in [0, 0.1) is 6.92 Å². The number of benzene rings is 2. The molecule has 2 aromatic carbocycles. The topological polar surface area (TPSA) is 33.7 Å². The van der Waals surface area contributed by atoms with Gasteiger partial charge in [-0.1, -0.05) is 36.6 Å². The first kappa shape index (κ1) is 18.4. The number of nitrogens with zero attached hydrogens (tertiary/aromatic N) is 1. The van der Waals surface area contributed by atoms with Crippen molar-refractivity contribution < 1.29 is 9.47 Å². The van der Waals surface area contributed by atoms with Crippen LogP contribution in [0.2, 0.25) is 5.02 Å². The lowest BCUT2D eigenvalue weighted by molar-refractivity contribution is 0.174. The minimum absolute atomic E-state index is 0.291. The van der Waals surface area contributed by atoms with E-state index >= 15 is 0 Å². The van der Waals surface area contributed by atoms with Gasteiger partial charge in [-0.3, -0.25) is 0 Å². The van der Waals surface area contributed by atoms with Gasteiger partial charge in [0.2, 0.25) is 6.79 Å². The van der Waals surface area contributed by atoms with Gasteiger partial charge in [0.15, 0.2) is 16.6 Å². The molecule has 1 N–H and O–H groups in total. The molecule has 2 aromatic rings. The molecular formula is C21H23ClN2O2S. The molecule has 0 amide bonds. The number of fused-ring (bicyclic) bond motifs is 1. The highest BCUT2D eigenvalue weighted by Crippen LogP contribution is 2.34. The highest BCUT2D eigenvalue weighted by Gasteiger charge is 2.26. The molecule has 142 valence electrons. The average molecular weight is 403 g/mol. The Morgan fingerprint density at radius 1 is 1.19 bits per heavy atom. The number of halogens is 1. The van der Waals surface area contributed by atoms with Crippen molar-refractivity contribution in [2.45, 2.75) is 45.2 Å². The Bertz CT molecular complexity index is 852. The molecule has 4 rings (SSSR count). The van der Waals surface area contributed by atoms with Crippen LogP contribution in [0.4, 0.5) is 5.69 Å². The SMILES string of the molecule is Cc1c(Cl)cccc1NC(=S)N(Cc1ccc2c(c1)OCO2)C1CCCC1. The van der Waals surface area contributed by atoms with Crippen LogP contribution in [0.1, 0.15) is 36.8 Å². The van der Waals surface area contributed by atoms with Crippen LogP contribution < -0.4 is 14.8 Å². The quantitative estimate of drug-likeness (QED) is 0.681. The molecule has 1 fully saturated rings. The van der Waals surface area contributed by atoms with Crippen LogP contribution in [0.15, 0.2) is 36.4 Å². The fraction of sp³-hybridized carbons (Fsp3) is 0.381. The van der Waals surface area contributed by atoms with Gasteiger partial charge < -0.3 is 19.7 Å². The predicted molar refractivity (Wildman–Crippen MR) is 113 cm³/mol. The Kier molecular flexibility index (Phi) is 5.41. The van der Waals surface area contributed by atoms with Crippen LogP contribution in [-0.4, -0.2) is 22.8 Å². The van der Waals surface area contributed by atoms with Crippen molar-refractivity contribution in [1.29, 1.82) is 0 Å². The molecule has 6 heteroatoms. The highest BCUT2D eigenvalue weighted by molar-refractivity contribution is 7.80. The second kappa shape index (κ2) is 7.95. The van der Waals surface area contributed by atoms with Crippen molar-refractivity contribution in [3.05, 3.63) is 52.5 Å². The van der Waals surface area contributed by atoms with E-state index < -0.39 is 0 Å². The number of ether oxygens (including phenoxy) is 2. The number of anilines is 1. The van der Waals surface area contributed by atoms with E-state index in [1.165, 1.54) is 25.7 Å². The van der Waals surface area contributed by atoms with Gasteiger partial charge in [0.25, 0.3) is 0 Å². The molecule has 2 aliphatic rings. The highest BCUT2D eigenvalue weighted by atomic mass is 35.5. The molecule has 27 heavy (non-hydrogen) atoms. The third kappa shape index (κ3) is 3.99. The number of rotatable bonds is 4. The van der Waals surface area contributed by atoms with E-state index in [-0.39, 0.29) is 0 Å². The zero-order valence-corrected chi connectivity index (χ0v) is 16.9. The molecule has 1 aliphatic heterocycles. The lowest BCUT2D eigenvalue weighted by Crippen LogP contribution is -2.41. The maximum atomic E-state index is 6.27. The lowest BCUT2D eigenvalue weighted by Gasteiger charge is -2.32. The number of thiocarbonyl (C=S) groups is 1. The Hall–Kier alpha value is -1.98. The fourth-order valence-corrected chi connectivity index (χ4v) is 4.25. The molecule has 0 spiro atoms. The number of hydrogen-bond donors (Lipinski definition) is 1. The zero-order valence-electron chi connectivity index (χ0n) is 15.3. The molecule has 0 aromatic heterocycles. The molecular weight excluding hydrogens is 380 g/mol. The second-order valence-corrected chi connectivity index (χ2v) is 7.89. The summed E-state index contributed by atoms with van der Waals surface area (Å²) < 4.78 is 10.9. The molecule has 1 saturated carbocycles. The lowest BCUT2D eigenvalue weighted by atomic mass is 10.1. The van der Waals surface area contributed by atoms with E-state index in [1.54, 1.807) is 0 Å². The Balaban J connectivity index is 1.55. The van der Waals surface area contributed by atoms with E-state index in [0.29, 0.717) is 12.8 Å². The predicted octanol–water partition coefficient (Wildman–Crippen LogP) is 5.52. The largest absolute Gasteiger partial charge is 0.454 e. The van der Waals surface area contributed by atoms with E-state index in [0.717, 1.165) is 45.0 Å². The van der Waals surface area contributed by atoms with Gasteiger partial charge in [0.1, 0.15) is 0 Å². The Morgan fingerprint density at radius 2 is 1.96 bits per heavy atom.